The fraction of sp³-hybridized carbons (Fsp3) is 0.273. The van der Waals surface area contributed by atoms with Gasteiger partial charge in [0, 0.05) is 25.5 Å². The molecule has 0 aliphatic carbocycles. The van der Waals surface area contributed by atoms with E-state index < -0.39 is 5.97 Å². The third-order valence-electron chi connectivity index (χ3n) is 5.25. The van der Waals surface area contributed by atoms with E-state index in [1.165, 1.54) is 5.56 Å². The number of rotatable bonds is 5. The van der Waals surface area contributed by atoms with E-state index in [1.54, 1.807) is 12.3 Å². The molecule has 5 nitrogen and oxygen atoms in total. The topological polar surface area (TPSA) is 58.4 Å². The number of likely N-dealkylation sites (tertiary alicyclic amines) is 1. The van der Waals surface area contributed by atoms with Crippen molar-refractivity contribution < 1.29 is 9.90 Å². The van der Waals surface area contributed by atoms with E-state index in [-0.39, 0.29) is 0 Å². The van der Waals surface area contributed by atoms with Gasteiger partial charge < -0.3 is 5.11 Å². The van der Waals surface area contributed by atoms with E-state index in [0.29, 0.717) is 11.5 Å². The van der Waals surface area contributed by atoms with Crippen molar-refractivity contribution in [2.75, 3.05) is 13.1 Å². The van der Waals surface area contributed by atoms with Gasteiger partial charge in [-0.2, -0.15) is 5.10 Å². The molecule has 1 atom stereocenters. The molecule has 4 rings (SSSR count). The van der Waals surface area contributed by atoms with Gasteiger partial charge in [0.1, 0.15) is 0 Å². The van der Waals surface area contributed by atoms with Gasteiger partial charge in [0.05, 0.1) is 11.3 Å². The van der Waals surface area contributed by atoms with Gasteiger partial charge in [-0.25, -0.2) is 9.48 Å². The number of aromatic carboxylic acids is 1. The Balaban J connectivity index is 1.52. The normalized spacial score (nSPS) is 17.7. The Morgan fingerprint density at radius 3 is 2.85 bits per heavy atom. The van der Waals surface area contributed by atoms with E-state index in [0.717, 1.165) is 43.7 Å². The molecule has 3 aromatic rings. The number of carboxylic acids is 1. The van der Waals surface area contributed by atoms with Crippen molar-refractivity contribution in [2.45, 2.75) is 25.3 Å². The van der Waals surface area contributed by atoms with Gasteiger partial charge in [-0.15, -0.1) is 0 Å². The molecule has 2 heterocycles. The third kappa shape index (κ3) is 3.93. The van der Waals surface area contributed by atoms with E-state index in [4.69, 9.17) is 0 Å². The summed E-state index contributed by atoms with van der Waals surface area (Å²) < 4.78 is 1.91. The molecule has 0 radical (unpaired) electrons. The highest BCUT2D eigenvalue weighted by molar-refractivity contribution is 5.87. The summed E-state index contributed by atoms with van der Waals surface area (Å²) in [6, 6.07) is 17.7. The van der Waals surface area contributed by atoms with Crippen LogP contribution in [0.2, 0.25) is 0 Å². The van der Waals surface area contributed by atoms with E-state index in [1.807, 2.05) is 35.1 Å². The Labute approximate surface area is 158 Å². The summed E-state index contributed by atoms with van der Waals surface area (Å²) in [5.41, 5.74) is 3.85. The molecule has 1 aliphatic heterocycles. The number of piperidine rings is 1. The molecule has 1 aliphatic rings. The van der Waals surface area contributed by atoms with Crippen LogP contribution in [0.4, 0.5) is 0 Å². The monoisotopic (exact) mass is 361 g/mol. The minimum Gasteiger partial charge on any atom is -0.478 e. The Hall–Kier alpha value is -2.92. The molecule has 0 amide bonds. The van der Waals surface area contributed by atoms with Crippen LogP contribution >= 0.6 is 0 Å². The Morgan fingerprint density at radius 2 is 2.04 bits per heavy atom. The highest BCUT2D eigenvalue weighted by Crippen LogP contribution is 2.29. The SMILES string of the molecule is O=C(O)c1cccc([C@@H]2CCCN(Cc3ccccc3-n3cccn3)C2)c1. The van der Waals surface area contributed by atoms with Gasteiger partial charge in [-0.1, -0.05) is 30.3 Å². The van der Waals surface area contributed by atoms with E-state index in [2.05, 4.69) is 34.3 Å². The Bertz CT molecular complexity index is 921. The second-order valence-corrected chi connectivity index (χ2v) is 7.08. The molecule has 0 saturated carbocycles. The van der Waals surface area contributed by atoms with Crippen LogP contribution in [0, 0.1) is 0 Å². The second kappa shape index (κ2) is 7.76. The molecule has 0 bridgehead atoms. The predicted molar refractivity (Wildman–Crippen MR) is 104 cm³/mol. The summed E-state index contributed by atoms with van der Waals surface area (Å²) in [6.45, 7) is 2.87. The van der Waals surface area contributed by atoms with E-state index in [9.17, 15) is 9.90 Å². The van der Waals surface area contributed by atoms with Crippen LogP contribution in [0.25, 0.3) is 5.69 Å². The first kappa shape index (κ1) is 17.5. The lowest BCUT2D eigenvalue weighted by molar-refractivity contribution is 0.0696. The minimum atomic E-state index is -0.863. The van der Waals surface area contributed by atoms with Crippen LogP contribution < -0.4 is 0 Å². The van der Waals surface area contributed by atoms with Crippen LogP contribution in [-0.4, -0.2) is 38.8 Å². The van der Waals surface area contributed by atoms with Crippen molar-refractivity contribution in [1.29, 1.82) is 0 Å². The maximum absolute atomic E-state index is 11.3. The van der Waals surface area contributed by atoms with Gasteiger partial charge >= 0.3 is 5.97 Å². The maximum Gasteiger partial charge on any atom is 0.335 e. The quantitative estimate of drug-likeness (QED) is 0.748. The molecule has 27 heavy (non-hydrogen) atoms. The Kier molecular flexibility index (Phi) is 5.03. The summed E-state index contributed by atoms with van der Waals surface area (Å²) in [5, 5.41) is 13.6. The molecule has 2 aromatic carbocycles. The first-order valence-corrected chi connectivity index (χ1v) is 9.34. The van der Waals surface area contributed by atoms with Gasteiger partial charge in [0.25, 0.3) is 0 Å². The number of nitrogens with zero attached hydrogens (tertiary/aromatic N) is 3. The van der Waals surface area contributed by atoms with Crippen molar-refractivity contribution in [3.63, 3.8) is 0 Å². The predicted octanol–water partition coefficient (Wildman–Crippen LogP) is 3.95. The van der Waals surface area contributed by atoms with Crippen LogP contribution in [0.3, 0.4) is 0 Å². The van der Waals surface area contributed by atoms with Crippen molar-refractivity contribution in [2.24, 2.45) is 0 Å². The third-order valence-corrected chi connectivity index (χ3v) is 5.25. The van der Waals surface area contributed by atoms with E-state index >= 15 is 0 Å². The van der Waals surface area contributed by atoms with Crippen molar-refractivity contribution in [1.82, 2.24) is 14.7 Å². The second-order valence-electron chi connectivity index (χ2n) is 7.08. The molecule has 1 fully saturated rings. The van der Waals surface area contributed by atoms with Gasteiger partial charge in [-0.05, 0) is 60.7 Å². The fourth-order valence-electron chi connectivity index (χ4n) is 3.92. The summed E-state index contributed by atoms with van der Waals surface area (Å²) in [6.07, 6.45) is 5.98. The number of hydrogen-bond donors (Lipinski definition) is 1. The maximum atomic E-state index is 11.3. The van der Waals surface area contributed by atoms with Crippen molar-refractivity contribution in [3.05, 3.63) is 83.7 Å². The lowest BCUT2D eigenvalue weighted by atomic mass is 9.89. The zero-order valence-corrected chi connectivity index (χ0v) is 15.2. The average Bonchev–Trinajstić information content (AvgIpc) is 3.23. The largest absolute Gasteiger partial charge is 0.478 e. The molecule has 1 saturated heterocycles. The van der Waals surface area contributed by atoms with Crippen LogP contribution in [0.15, 0.2) is 67.0 Å². The van der Waals surface area contributed by atoms with Crippen LogP contribution in [-0.2, 0) is 6.54 Å². The molecular formula is C22H23N3O2. The zero-order chi connectivity index (χ0) is 18.6. The zero-order valence-electron chi connectivity index (χ0n) is 15.2. The van der Waals surface area contributed by atoms with Gasteiger partial charge in [0.15, 0.2) is 0 Å². The summed E-state index contributed by atoms with van der Waals surface area (Å²) >= 11 is 0. The molecule has 138 valence electrons. The number of carbonyl (C=O) groups is 1. The number of benzene rings is 2. The number of carboxylic acid groups (broad SMARTS) is 1. The lowest BCUT2D eigenvalue weighted by Crippen LogP contribution is -2.34. The van der Waals surface area contributed by atoms with Gasteiger partial charge in [0.2, 0.25) is 0 Å². The minimum absolute atomic E-state index is 0.369. The average molecular weight is 361 g/mol. The smallest absolute Gasteiger partial charge is 0.335 e. The summed E-state index contributed by atoms with van der Waals surface area (Å²) in [5.74, 6) is -0.493. The number of hydrogen-bond acceptors (Lipinski definition) is 3. The van der Waals surface area contributed by atoms with Crippen molar-refractivity contribution >= 4 is 5.97 Å². The number of aromatic nitrogens is 2. The fourth-order valence-corrected chi connectivity index (χ4v) is 3.92. The molecular weight excluding hydrogens is 338 g/mol. The highest BCUT2D eigenvalue weighted by Gasteiger charge is 2.23. The molecule has 0 spiro atoms. The molecule has 1 N–H and O–H groups in total. The van der Waals surface area contributed by atoms with Gasteiger partial charge in [-0.3, -0.25) is 4.90 Å². The lowest BCUT2D eigenvalue weighted by Gasteiger charge is -2.33. The van der Waals surface area contributed by atoms with Crippen LogP contribution in [0.1, 0.15) is 40.2 Å². The Morgan fingerprint density at radius 1 is 1.15 bits per heavy atom. The summed E-state index contributed by atoms with van der Waals surface area (Å²) in [4.78, 5) is 13.7. The molecule has 5 heteroatoms. The van der Waals surface area contributed by atoms with Crippen LogP contribution in [0.5, 0.6) is 0 Å². The first-order valence-electron chi connectivity index (χ1n) is 9.34. The highest BCUT2D eigenvalue weighted by atomic mass is 16.4. The number of para-hydroxylation sites is 1. The first-order chi connectivity index (χ1) is 13.2. The standard InChI is InChI=1S/C22H23N3O2/c26-22(27)18-8-3-7-17(14-18)19-9-4-12-24(15-19)16-20-6-1-2-10-21(20)25-13-5-11-23-25/h1-3,5-8,10-11,13-14,19H,4,9,12,15-16H2,(H,26,27)/t19-/m1/s1. The molecule has 0 unspecified atom stereocenters. The van der Waals surface area contributed by atoms with Crippen molar-refractivity contribution in [3.8, 4) is 5.69 Å². The molecule has 1 aromatic heterocycles. The summed E-state index contributed by atoms with van der Waals surface area (Å²) in [7, 11) is 0.